The number of likely N-dealkylation sites (tertiary alicyclic amines) is 1. The van der Waals surface area contributed by atoms with Crippen molar-refractivity contribution in [3.8, 4) is 0 Å². The molecule has 4 heteroatoms. The number of aryl methyl sites for hydroxylation is 1. The van der Waals surface area contributed by atoms with Crippen LogP contribution in [0.15, 0.2) is 10.5 Å². The van der Waals surface area contributed by atoms with Gasteiger partial charge in [-0.15, -0.1) is 11.3 Å². The van der Waals surface area contributed by atoms with Crippen molar-refractivity contribution in [3.05, 3.63) is 20.3 Å². The van der Waals surface area contributed by atoms with E-state index in [4.69, 9.17) is 0 Å². The van der Waals surface area contributed by atoms with Crippen molar-refractivity contribution in [2.45, 2.75) is 39.3 Å². The van der Waals surface area contributed by atoms with E-state index in [0.717, 1.165) is 19.1 Å². The normalized spacial score (nSPS) is 21.2. The van der Waals surface area contributed by atoms with Gasteiger partial charge in [-0.2, -0.15) is 0 Å². The molecule has 0 bridgehead atoms. The van der Waals surface area contributed by atoms with Gasteiger partial charge in [-0.05, 0) is 54.9 Å². The van der Waals surface area contributed by atoms with Crippen LogP contribution in [0.2, 0.25) is 0 Å². The lowest BCUT2D eigenvalue weighted by Gasteiger charge is -2.22. The highest BCUT2D eigenvalue weighted by Crippen LogP contribution is 2.26. The van der Waals surface area contributed by atoms with Gasteiger partial charge in [0.1, 0.15) is 0 Å². The van der Waals surface area contributed by atoms with Gasteiger partial charge in [0.15, 0.2) is 0 Å². The Balaban J connectivity index is 1.75. The monoisotopic (exact) mass is 316 g/mol. The maximum Gasteiger partial charge on any atom is 0.0314 e. The molecule has 17 heavy (non-hydrogen) atoms. The summed E-state index contributed by atoms with van der Waals surface area (Å²) in [4.78, 5) is 5.39. The van der Waals surface area contributed by atoms with Gasteiger partial charge in [-0.1, -0.05) is 6.92 Å². The summed E-state index contributed by atoms with van der Waals surface area (Å²) >= 11 is 5.45. The second kappa shape index (κ2) is 6.32. The minimum Gasteiger partial charge on any atom is -0.310 e. The highest BCUT2D eigenvalue weighted by Gasteiger charge is 2.22. The summed E-state index contributed by atoms with van der Waals surface area (Å²) in [6.45, 7) is 9.03. The van der Waals surface area contributed by atoms with E-state index in [2.05, 4.69) is 46.1 Å². The van der Waals surface area contributed by atoms with Crippen molar-refractivity contribution in [2.75, 3.05) is 19.6 Å². The maximum absolute atomic E-state index is 3.60. The summed E-state index contributed by atoms with van der Waals surface area (Å²) in [7, 11) is 0. The van der Waals surface area contributed by atoms with Gasteiger partial charge in [0.05, 0.1) is 0 Å². The predicted octanol–water partition coefficient (Wildman–Crippen LogP) is 3.39. The molecule has 1 saturated heterocycles. The molecular formula is C13H21BrN2S. The highest BCUT2D eigenvalue weighted by atomic mass is 79.9. The van der Waals surface area contributed by atoms with Crippen molar-refractivity contribution in [1.29, 1.82) is 0 Å². The molecule has 1 unspecified atom stereocenters. The first-order chi connectivity index (χ1) is 8.20. The molecule has 0 aromatic carbocycles. The number of rotatable bonds is 5. The number of nitrogens with zero attached hydrogens (tertiary/aromatic N) is 1. The molecule has 0 saturated carbocycles. The Kier molecular flexibility index (Phi) is 5.03. The second-order valence-electron chi connectivity index (χ2n) is 4.67. The molecule has 1 aliphatic rings. The van der Waals surface area contributed by atoms with Crippen LogP contribution in [0.25, 0.3) is 0 Å². The first kappa shape index (κ1) is 13.5. The van der Waals surface area contributed by atoms with Crippen molar-refractivity contribution in [3.63, 3.8) is 0 Å². The third kappa shape index (κ3) is 3.53. The van der Waals surface area contributed by atoms with Gasteiger partial charge in [-0.25, -0.2) is 0 Å². The Morgan fingerprint density at radius 1 is 1.59 bits per heavy atom. The standard InChI is InChI=1S/C13H21BrN2S/c1-3-16-6-4-5-11(16)8-15-9-12-7-13(14)10(2)17-12/h7,11,15H,3-6,8-9H2,1-2H3. The lowest BCUT2D eigenvalue weighted by molar-refractivity contribution is 0.260. The zero-order valence-corrected chi connectivity index (χ0v) is 13.0. The zero-order valence-electron chi connectivity index (χ0n) is 10.6. The Labute approximate surface area is 117 Å². The summed E-state index contributed by atoms with van der Waals surface area (Å²) in [6, 6.07) is 2.99. The summed E-state index contributed by atoms with van der Waals surface area (Å²) in [5.74, 6) is 0. The van der Waals surface area contributed by atoms with E-state index in [0.29, 0.717) is 0 Å². The molecule has 2 rings (SSSR count). The zero-order chi connectivity index (χ0) is 12.3. The van der Waals surface area contributed by atoms with E-state index in [9.17, 15) is 0 Å². The molecule has 96 valence electrons. The van der Waals surface area contributed by atoms with E-state index in [-0.39, 0.29) is 0 Å². The topological polar surface area (TPSA) is 15.3 Å². The average molecular weight is 317 g/mol. The van der Waals surface area contributed by atoms with Gasteiger partial charge in [0.2, 0.25) is 0 Å². The summed E-state index contributed by atoms with van der Waals surface area (Å²) in [5, 5.41) is 3.60. The van der Waals surface area contributed by atoms with Crippen molar-refractivity contribution in [2.24, 2.45) is 0 Å². The molecular weight excluding hydrogens is 296 g/mol. The van der Waals surface area contributed by atoms with Gasteiger partial charge in [0.25, 0.3) is 0 Å². The Morgan fingerprint density at radius 2 is 2.41 bits per heavy atom. The molecule has 1 aromatic rings. The molecule has 0 aliphatic carbocycles. The van der Waals surface area contributed by atoms with E-state index >= 15 is 0 Å². The minimum absolute atomic E-state index is 0.754. The summed E-state index contributed by atoms with van der Waals surface area (Å²) < 4.78 is 1.25. The number of thiophene rings is 1. The van der Waals surface area contributed by atoms with Crippen LogP contribution in [0.1, 0.15) is 29.5 Å². The lowest BCUT2D eigenvalue weighted by atomic mass is 10.2. The molecule has 1 aliphatic heterocycles. The fourth-order valence-electron chi connectivity index (χ4n) is 2.51. The molecule has 0 amide bonds. The first-order valence-corrected chi connectivity index (χ1v) is 8.01. The van der Waals surface area contributed by atoms with Crippen LogP contribution in [0.5, 0.6) is 0 Å². The van der Waals surface area contributed by atoms with Crippen LogP contribution in [0, 0.1) is 6.92 Å². The van der Waals surface area contributed by atoms with Gasteiger partial charge < -0.3 is 5.32 Å². The average Bonchev–Trinajstić information content (AvgIpc) is 2.87. The second-order valence-corrected chi connectivity index (χ2v) is 6.87. The Bertz CT molecular complexity index is 345. The predicted molar refractivity (Wildman–Crippen MR) is 78.7 cm³/mol. The molecule has 0 spiro atoms. The SMILES string of the molecule is CCN1CCCC1CNCc1cc(Br)c(C)s1. The smallest absolute Gasteiger partial charge is 0.0314 e. The number of hydrogen-bond acceptors (Lipinski definition) is 3. The largest absolute Gasteiger partial charge is 0.310 e. The molecule has 0 radical (unpaired) electrons. The van der Waals surface area contributed by atoms with E-state index in [1.807, 2.05) is 11.3 Å². The van der Waals surface area contributed by atoms with Gasteiger partial charge >= 0.3 is 0 Å². The van der Waals surface area contributed by atoms with Crippen molar-refractivity contribution < 1.29 is 0 Å². The maximum atomic E-state index is 3.60. The molecule has 1 aromatic heterocycles. The highest BCUT2D eigenvalue weighted by molar-refractivity contribution is 9.10. The molecule has 1 N–H and O–H groups in total. The number of likely N-dealkylation sites (N-methyl/N-ethyl adjacent to an activating group) is 1. The van der Waals surface area contributed by atoms with E-state index in [1.54, 1.807) is 0 Å². The number of nitrogens with one attached hydrogen (secondary N) is 1. The van der Waals surface area contributed by atoms with Crippen LogP contribution in [-0.2, 0) is 6.54 Å². The molecule has 2 heterocycles. The van der Waals surface area contributed by atoms with Crippen LogP contribution >= 0.6 is 27.3 Å². The van der Waals surface area contributed by atoms with Crippen LogP contribution in [0.4, 0.5) is 0 Å². The van der Waals surface area contributed by atoms with Crippen molar-refractivity contribution >= 4 is 27.3 Å². The Morgan fingerprint density at radius 3 is 3.06 bits per heavy atom. The third-order valence-electron chi connectivity index (χ3n) is 3.49. The fraction of sp³-hybridized carbons (Fsp3) is 0.692. The van der Waals surface area contributed by atoms with E-state index < -0.39 is 0 Å². The van der Waals surface area contributed by atoms with Crippen LogP contribution < -0.4 is 5.32 Å². The van der Waals surface area contributed by atoms with Gasteiger partial charge in [0, 0.05) is 33.4 Å². The van der Waals surface area contributed by atoms with Crippen molar-refractivity contribution in [1.82, 2.24) is 10.2 Å². The molecule has 2 nitrogen and oxygen atoms in total. The third-order valence-corrected chi connectivity index (χ3v) is 5.63. The summed E-state index contributed by atoms with van der Waals surface area (Å²) in [5.41, 5.74) is 0. The summed E-state index contributed by atoms with van der Waals surface area (Å²) in [6.07, 6.45) is 2.72. The number of halogens is 1. The van der Waals surface area contributed by atoms with Crippen LogP contribution in [-0.4, -0.2) is 30.6 Å². The fourth-order valence-corrected chi connectivity index (χ4v) is 4.08. The lowest BCUT2D eigenvalue weighted by Crippen LogP contribution is -2.37. The van der Waals surface area contributed by atoms with E-state index in [1.165, 1.54) is 40.2 Å². The van der Waals surface area contributed by atoms with Crippen LogP contribution in [0.3, 0.4) is 0 Å². The number of hydrogen-bond donors (Lipinski definition) is 1. The molecule has 1 atom stereocenters. The quantitative estimate of drug-likeness (QED) is 0.895. The van der Waals surface area contributed by atoms with Gasteiger partial charge in [-0.3, -0.25) is 4.90 Å². The molecule has 1 fully saturated rings. The first-order valence-electron chi connectivity index (χ1n) is 6.40. The minimum atomic E-state index is 0.754. The Hall–Kier alpha value is 0.1000.